The van der Waals surface area contributed by atoms with Crippen molar-refractivity contribution >= 4 is 5.97 Å². The highest BCUT2D eigenvalue weighted by atomic mass is 16.4. The average molecular weight is 182 g/mol. The highest BCUT2D eigenvalue weighted by Crippen LogP contribution is 2.41. The van der Waals surface area contributed by atoms with Crippen LogP contribution in [0.4, 0.5) is 0 Å². The van der Waals surface area contributed by atoms with Crippen molar-refractivity contribution in [2.24, 2.45) is 5.41 Å². The zero-order valence-electron chi connectivity index (χ0n) is 8.68. The molecule has 0 spiro atoms. The van der Waals surface area contributed by atoms with Gasteiger partial charge in [-0.3, -0.25) is 4.79 Å². The SMILES string of the molecule is CC1=C(CC(=O)O)C(C)(C)CCC1. The fourth-order valence-corrected chi connectivity index (χ4v) is 2.22. The lowest BCUT2D eigenvalue weighted by Crippen LogP contribution is -2.22. The molecule has 13 heavy (non-hydrogen) atoms. The first-order valence-corrected chi connectivity index (χ1v) is 4.84. The minimum atomic E-state index is -0.704. The van der Waals surface area contributed by atoms with Gasteiger partial charge in [0.05, 0.1) is 6.42 Å². The first-order valence-electron chi connectivity index (χ1n) is 4.84. The summed E-state index contributed by atoms with van der Waals surface area (Å²) in [5.41, 5.74) is 2.53. The normalized spacial score (nSPS) is 21.8. The number of carbonyl (C=O) groups is 1. The van der Waals surface area contributed by atoms with Crippen molar-refractivity contribution in [3.05, 3.63) is 11.1 Å². The van der Waals surface area contributed by atoms with Crippen LogP contribution in [0.3, 0.4) is 0 Å². The molecule has 0 aromatic heterocycles. The Bertz CT molecular complexity index is 249. The van der Waals surface area contributed by atoms with Crippen molar-refractivity contribution in [3.8, 4) is 0 Å². The number of aliphatic carboxylic acids is 1. The Morgan fingerprint density at radius 2 is 2.15 bits per heavy atom. The summed E-state index contributed by atoms with van der Waals surface area (Å²) in [6, 6.07) is 0. The molecule has 2 nitrogen and oxygen atoms in total. The average Bonchev–Trinajstić information content (AvgIpc) is 1.96. The minimum absolute atomic E-state index is 0.0979. The van der Waals surface area contributed by atoms with E-state index in [-0.39, 0.29) is 11.8 Å². The Hall–Kier alpha value is -0.790. The summed E-state index contributed by atoms with van der Waals surface area (Å²) in [6.07, 6.45) is 3.61. The van der Waals surface area contributed by atoms with Crippen LogP contribution in [0.1, 0.15) is 46.5 Å². The Kier molecular flexibility index (Phi) is 2.79. The molecule has 0 heterocycles. The fraction of sp³-hybridized carbons (Fsp3) is 0.727. The van der Waals surface area contributed by atoms with Gasteiger partial charge in [0.15, 0.2) is 0 Å². The van der Waals surface area contributed by atoms with Crippen LogP contribution in [-0.4, -0.2) is 11.1 Å². The first-order chi connectivity index (χ1) is 5.93. The van der Waals surface area contributed by atoms with Crippen LogP contribution >= 0.6 is 0 Å². The van der Waals surface area contributed by atoms with Crippen LogP contribution in [0.2, 0.25) is 0 Å². The molecule has 0 fully saturated rings. The van der Waals surface area contributed by atoms with Gasteiger partial charge >= 0.3 is 5.97 Å². The third-order valence-corrected chi connectivity index (χ3v) is 3.01. The number of carboxylic acids is 1. The molecule has 1 aliphatic rings. The molecule has 1 aliphatic carbocycles. The molecule has 0 radical (unpaired) electrons. The van der Waals surface area contributed by atoms with Crippen LogP contribution < -0.4 is 0 Å². The van der Waals surface area contributed by atoms with Crippen LogP contribution in [0.15, 0.2) is 11.1 Å². The molecule has 0 unspecified atom stereocenters. The van der Waals surface area contributed by atoms with Gasteiger partial charge in [-0.15, -0.1) is 0 Å². The van der Waals surface area contributed by atoms with Crippen molar-refractivity contribution in [2.75, 3.05) is 0 Å². The van der Waals surface area contributed by atoms with E-state index < -0.39 is 5.97 Å². The standard InChI is InChI=1S/C11H18O2/c1-8-5-4-6-11(2,3)9(8)7-10(12)13/h4-7H2,1-3H3,(H,12,13). The van der Waals surface area contributed by atoms with E-state index in [0.29, 0.717) is 0 Å². The van der Waals surface area contributed by atoms with Gasteiger partial charge in [0, 0.05) is 0 Å². The first kappa shape index (κ1) is 10.3. The number of hydrogen-bond acceptors (Lipinski definition) is 1. The number of rotatable bonds is 2. The third-order valence-electron chi connectivity index (χ3n) is 3.01. The lowest BCUT2D eigenvalue weighted by Gasteiger charge is -2.33. The molecule has 0 saturated heterocycles. The summed E-state index contributed by atoms with van der Waals surface area (Å²) in [4.78, 5) is 10.7. The van der Waals surface area contributed by atoms with Crippen molar-refractivity contribution in [1.82, 2.24) is 0 Å². The summed E-state index contributed by atoms with van der Waals surface area (Å²) < 4.78 is 0. The van der Waals surface area contributed by atoms with Gasteiger partial charge in [-0.2, -0.15) is 0 Å². The maximum atomic E-state index is 10.7. The van der Waals surface area contributed by atoms with E-state index in [1.807, 2.05) is 0 Å². The highest BCUT2D eigenvalue weighted by Gasteiger charge is 2.29. The maximum Gasteiger partial charge on any atom is 0.307 e. The Labute approximate surface area is 79.6 Å². The molecule has 74 valence electrons. The van der Waals surface area contributed by atoms with E-state index in [4.69, 9.17) is 5.11 Å². The second-order valence-corrected chi connectivity index (χ2v) is 4.57. The zero-order chi connectivity index (χ0) is 10.1. The lowest BCUT2D eigenvalue weighted by atomic mass is 9.71. The summed E-state index contributed by atoms with van der Waals surface area (Å²) in [6.45, 7) is 6.36. The van der Waals surface area contributed by atoms with Crippen LogP contribution in [0.5, 0.6) is 0 Å². The van der Waals surface area contributed by atoms with E-state index >= 15 is 0 Å². The van der Waals surface area contributed by atoms with Gasteiger partial charge in [0.25, 0.3) is 0 Å². The second kappa shape index (κ2) is 3.52. The van der Waals surface area contributed by atoms with Crippen LogP contribution in [-0.2, 0) is 4.79 Å². The molecule has 1 N–H and O–H groups in total. The summed E-state index contributed by atoms with van der Waals surface area (Å²) >= 11 is 0. The van der Waals surface area contributed by atoms with Crippen molar-refractivity contribution in [1.29, 1.82) is 0 Å². The van der Waals surface area contributed by atoms with Crippen molar-refractivity contribution in [2.45, 2.75) is 46.5 Å². The van der Waals surface area contributed by atoms with Gasteiger partial charge in [-0.25, -0.2) is 0 Å². The Balaban J connectivity index is 2.91. The van der Waals surface area contributed by atoms with Gasteiger partial charge in [-0.05, 0) is 31.6 Å². The predicted octanol–water partition coefficient (Wildman–Crippen LogP) is 2.99. The summed E-state index contributed by atoms with van der Waals surface area (Å²) in [7, 11) is 0. The molecule has 0 bridgehead atoms. The molecule has 0 aromatic rings. The summed E-state index contributed by atoms with van der Waals surface area (Å²) in [5.74, 6) is -0.704. The summed E-state index contributed by atoms with van der Waals surface area (Å²) in [5, 5.41) is 8.78. The van der Waals surface area contributed by atoms with Gasteiger partial charge in [-0.1, -0.05) is 25.0 Å². The van der Waals surface area contributed by atoms with Crippen LogP contribution in [0, 0.1) is 5.41 Å². The number of carboxylic acid groups (broad SMARTS) is 1. The fourth-order valence-electron chi connectivity index (χ4n) is 2.22. The predicted molar refractivity (Wildman–Crippen MR) is 52.6 cm³/mol. The third kappa shape index (κ3) is 2.33. The Morgan fingerprint density at radius 1 is 1.54 bits per heavy atom. The molecule has 0 aliphatic heterocycles. The Morgan fingerprint density at radius 3 is 2.62 bits per heavy atom. The van der Waals surface area contributed by atoms with Crippen molar-refractivity contribution < 1.29 is 9.90 Å². The van der Waals surface area contributed by atoms with Gasteiger partial charge in [0.1, 0.15) is 0 Å². The lowest BCUT2D eigenvalue weighted by molar-refractivity contribution is -0.136. The number of allylic oxidation sites excluding steroid dienone is 1. The van der Waals surface area contributed by atoms with E-state index in [2.05, 4.69) is 20.8 Å². The second-order valence-electron chi connectivity index (χ2n) is 4.57. The smallest absolute Gasteiger partial charge is 0.307 e. The molecule has 0 amide bonds. The minimum Gasteiger partial charge on any atom is -0.481 e. The van der Waals surface area contributed by atoms with E-state index in [9.17, 15) is 4.79 Å². The van der Waals surface area contributed by atoms with E-state index in [0.717, 1.165) is 18.4 Å². The van der Waals surface area contributed by atoms with Gasteiger partial charge in [0.2, 0.25) is 0 Å². The largest absolute Gasteiger partial charge is 0.481 e. The molecule has 0 saturated carbocycles. The highest BCUT2D eigenvalue weighted by molar-refractivity contribution is 5.70. The zero-order valence-corrected chi connectivity index (χ0v) is 8.68. The molecular formula is C11H18O2. The molecule has 0 aromatic carbocycles. The molecule has 2 heteroatoms. The molecular weight excluding hydrogens is 164 g/mol. The van der Waals surface area contributed by atoms with Crippen LogP contribution in [0.25, 0.3) is 0 Å². The van der Waals surface area contributed by atoms with E-state index in [1.165, 1.54) is 12.0 Å². The van der Waals surface area contributed by atoms with Gasteiger partial charge < -0.3 is 5.11 Å². The molecule has 0 atom stereocenters. The van der Waals surface area contributed by atoms with E-state index in [1.54, 1.807) is 0 Å². The quantitative estimate of drug-likeness (QED) is 0.666. The monoisotopic (exact) mass is 182 g/mol. The topological polar surface area (TPSA) is 37.3 Å². The maximum absolute atomic E-state index is 10.7. The number of hydrogen-bond donors (Lipinski definition) is 1. The molecule has 1 rings (SSSR count). The van der Waals surface area contributed by atoms with Crippen molar-refractivity contribution in [3.63, 3.8) is 0 Å².